The maximum absolute atomic E-state index is 11.0. The van der Waals surface area contributed by atoms with Crippen LogP contribution in [0.1, 0.15) is 12.6 Å². The predicted octanol–water partition coefficient (Wildman–Crippen LogP) is 1.39. The van der Waals surface area contributed by atoms with Gasteiger partial charge in [0.05, 0.1) is 6.54 Å². The van der Waals surface area contributed by atoms with Crippen molar-refractivity contribution in [3.63, 3.8) is 0 Å². The molecule has 2 N–H and O–H groups in total. The molecule has 0 saturated heterocycles. The zero-order valence-corrected chi connectivity index (χ0v) is 10.3. The Balaban J connectivity index is 1.98. The van der Waals surface area contributed by atoms with E-state index in [4.69, 9.17) is 0 Å². The summed E-state index contributed by atoms with van der Waals surface area (Å²) in [5.41, 5.74) is 2.56. The van der Waals surface area contributed by atoms with Crippen molar-refractivity contribution in [2.75, 3.05) is 10.6 Å². The molecule has 1 amide bonds. The summed E-state index contributed by atoms with van der Waals surface area (Å²) in [7, 11) is 1.83. The SMILES string of the molecule is CC(=O)Nc1cccc(NCc2cn(C)nn2)c1. The summed E-state index contributed by atoms with van der Waals surface area (Å²) < 4.78 is 1.66. The first kappa shape index (κ1) is 12.1. The standard InChI is InChI=1S/C12H15N5O/c1-9(18)14-11-5-3-4-10(6-11)13-7-12-8-17(2)16-15-12/h3-6,8,13H,7H2,1-2H3,(H,14,18). The van der Waals surface area contributed by atoms with Crippen molar-refractivity contribution in [1.82, 2.24) is 15.0 Å². The van der Waals surface area contributed by atoms with Crippen molar-refractivity contribution in [3.05, 3.63) is 36.2 Å². The van der Waals surface area contributed by atoms with Crippen LogP contribution >= 0.6 is 0 Å². The van der Waals surface area contributed by atoms with Crippen molar-refractivity contribution in [2.45, 2.75) is 13.5 Å². The number of amides is 1. The van der Waals surface area contributed by atoms with Crippen LogP contribution in [-0.4, -0.2) is 20.9 Å². The number of hydrogen-bond acceptors (Lipinski definition) is 4. The average molecular weight is 245 g/mol. The van der Waals surface area contributed by atoms with Gasteiger partial charge in [0, 0.05) is 31.5 Å². The Hall–Kier alpha value is -2.37. The molecule has 0 spiro atoms. The summed E-state index contributed by atoms with van der Waals surface area (Å²) in [5.74, 6) is -0.0823. The molecule has 1 aromatic carbocycles. The minimum absolute atomic E-state index is 0.0823. The number of anilines is 2. The fourth-order valence-electron chi connectivity index (χ4n) is 1.58. The zero-order valence-electron chi connectivity index (χ0n) is 10.3. The molecule has 2 rings (SSSR count). The van der Waals surface area contributed by atoms with Gasteiger partial charge in [-0.25, -0.2) is 0 Å². The van der Waals surface area contributed by atoms with Crippen LogP contribution in [-0.2, 0) is 18.4 Å². The van der Waals surface area contributed by atoms with Crippen LogP contribution in [0.15, 0.2) is 30.5 Å². The van der Waals surface area contributed by atoms with Gasteiger partial charge in [-0.3, -0.25) is 9.48 Å². The van der Waals surface area contributed by atoms with Crippen molar-refractivity contribution in [2.24, 2.45) is 7.05 Å². The third-order valence-corrected chi connectivity index (χ3v) is 2.31. The normalized spacial score (nSPS) is 10.1. The van der Waals surface area contributed by atoms with Gasteiger partial charge < -0.3 is 10.6 Å². The molecule has 0 radical (unpaired) electrons. The summed E-state index contributed by atoms with van der Waals surface area (Å²) in [4.78, 5) is 11.0. The highest BCUT2D eigenvalue weighted by atomic mass is 16.1. The number of carbonyl (C=O) groups is 1. The zero-order chi connectivity index (χ0) is 13.0. The number of nitrogens with zero attached hydrogens (tertiary/aromatic N) is 3. The predicted molar refractivity (Wildman–Crippen MR) is 69.1 cm³/mol. The van der Waals surface area contributed by atoms with Gasteiger partial charge in [0.1, 0.15) is 5.69 Å². The number of aromatic nitrogens is 3. The number of carbonyl (C=O) groups excluding carboxylic acids is 1. The van der Waals surface area contributed by atoms with Gasteiger partial charge in [-0.05, 0) is 18.2 Å². The van der Waals surface area contributed by atoms with E-state index in [-0.39, 0.29) is 5.91 Å². The maximum atomic E-state index is 11.0. The third-order valence-electron chi connectivity index (χ3n) is 2.31. The molecule has 2 aromatic rings. The summed E-state index contributed by atoms with van der Waals surface area (Å²) in [6.45, 7) is 2.08. The lowest BCUT2D eigenvalue weighted by atomic mass is 10.2. The Labute approximate surface area is 105 Å². The topological polar surface area (TPSA) is 71.8 Å². The van der Waals surface area contributed by atoms with E-state index in [1.54, 1.807) is 4.68 Å². The van der Waals surface area contributed by atoms with Gasteiger partial charge in [0.25, 0.3) is 0 Å². The Morgan fingerprint density at radius 1 is 1.39 bits per heavy atom. The number of aryl methyl sites for hydroxylation is 1. The second-order valence-corrected chi connectivity index (χ2v) is 4.00. The first-order valence-electron chi connectivity index (χ1n) is 5.60. The van der Waals surface area contributed by atoms with E-state index in [9.17, 15) is 4.79 Å². The number of benzene rings is 1. The van der Waals surface area contributed by atoms with Gasteiger partial charge in [-0.2, -0.15) is 0 Å². The molecule has 0 unspecified atom stereocenters. The fraction of sp³-hybridized carbons (Fsp3) is 0.250. The molecule has 0 aliphatic rings. The minimum atomic E-state index is -0.0823. The molecule has 0 aliphatic heterocycles. The summed E-state index contributed by atoms with van der Waals surface area (Å²) in [6.07, 6.45) is 1.85. The number of nitrogens with one attached hydrogen (secondary N) is 2. The highest BCUT2D eigenvalue weighted by molar-refractivity contribution is 5.89. The average Bonchev–Trinajstić information content (AvgIpc) is 2.72. The van der Waals surface area contributed by atoms with Gasteiger partial charge >= 0.3 is 0 Å². The lowest BCUT2D eigenvalue weighted by molar-refractivity contribution is -0.114. The van der Waals surface area contributed by atoms with Crippen molar-refractivity contribution < 1.29 is 4.79 Å². The molecule has 1 heterocycles. The van der Waals surface area contributed by atoms with E-state index in [1.807, 2.05) is 37.5 Å². The summed E-state index contributed by atoms with van der Waals surface area (Å²) >= 11 is 0. The van der Waals surface area contributed by atoms with Crippen LogP contribution in [0, 0.1) is 0 Å². The molecule has 0 bridgehead atoms. The van der Waals surface area contributed by atoms with Crippen LogP contribution in [0.5, 0.6) is 0 Å². The largest absolute Gasteiger partial charge is 0.379 e. The van der Waals surface area contributed by atoms with Crippen LogP contribution in [0.2, 0.25) is 0 Å². The molecular weight excluding hydrogens is 230 g/mol. The smallest absolute Gasteiger partial charge is 0.221 e. The monoisotopic (exact) mass is 245 g/mol. The van der Waals surface area contributed by atoms with Gasteiger partial charge in [-0.15, -0.1) is 5.10 Å². The molecular formula is C12H15N5O. The van der Waals surface area contributed by atoms with Gasteiger partial charge in [0.15, 0.2) is 0 Å². The molecule has 0 aliphatic carbocycles. The van der Waals surface area contributed by atoms with Crippen LogP contribution in [0.3, 0.4) is 0 Å². The van der Waals surface area contributed by atoms with Gasteiger partial charge in [-0.1, -0.05) is 11.3 Å². The number of hydrogen-bond donors (Lipinski definition) is 2. The molecule has 0 fully saturated rings. The van der Waals surface area contributed by atoms with E-state index >= 15 is 0 Å². The molecule has 6 nitrogen and oxygen atoms in total. The van der Waals surface area contributed by atoms with Crippen LogP contribution in [0.4, 0.5) is 11.4 Å². The molecule has 18 heavy (non-hydrogen) atoms. The van der Waals surface area contributed by atoms with Gasteiger partial charge in [0.2, 0.25) is 5.91 Å². The Morgan fingerprint density at radius 3 is 2.83 bits per heavy atom. The minimum Gasteiger partial charge on any atom is -0.379 e. The van der Waals surface area contributed by atoms with E-state index in [0.29, 0.717) is 6.54 Å². The quantitative estimate of drug-likeness (QED) is 0.853. The Kier molecular flexibility index (Phi) is 3.57. The molecule has 94 valence electrons. The van der Waals surface area contributed by atoms with Crippen molar-refractivity contribution in [3.8, 4) is 0 Å². The lowest BCUT2D eigenvalue weighted by Gasteiger charge is -2.07. The van der Waals surface area contributed by atoms with E-state index < -0.39 is 0 Å². The molecule has 0 saturated carbocycles. The molecule has 6 heteroatoms. The first-order chi connectivity index (χ1) is 8.63. The van der Waals surface area contributed by atoms with Crippen molar-refractivity contribution in [1.29, 1.82) is 0 Å². The summed E-state index contributed by atoms with van der Waals surface area (Å²) in [5, 5.41) is 13.8. The number of rotatable bonds is 4. The Morgan fingerprint density at radius 2 is 2.17 bits per heavy atom. The second-order valence-electron chi connectivity index (χ2n) is 4.00. The molecule has 1 aromatic heterocycles. The maximum Gasteiger partial charge on any atom is 0.221 e. The third kappa shape index (κ3) is 3.31. The van der Waals surface area contributed by atoms with E-state index in [2.05, 4.69) is 20.9 Å². The Bertz CT molecular complexity index is 549. The highest BCUT2D eigenvalue weighted by Gasteiger charge is 2.00. The summed E-state index contributed by atoms with van der Waals surface area (Å²) in [6, 6.07) is 7.53. The highest BCUT2D eigenvalue weighted by Crippen LogP contribution is 2.15. The fourth-order valence-corrected chi connectivity index (χ4v) is 1.58. The van der Waals surface area contributed by atoms with E-state index in [1.165, 1.54) is 6.92 Å². The first-order valence-corrected chi connectivity index (χ1v) is 5.60. The molecule has 0 atom stereocenters. The lowest BCUT2D eigenvalue weighted by Crippen LogP contribution is -2.06. The van der Waals surface area contributed by atoms with E-state index in [0.717, 1.165) is 17.1 Å². The van der Waals surface area contributed by atoms with Crippen molar-refractivity contribution >= 4 is 17.3 Å². The van der Waals surface area contributed by atoms with Crippen LogP contribution < -0.4 is 10.6 Å². The second kappa shape index (κ2) is 5.31. The van der Waals surface area contributed by atoms with Crippen LogP contribution in [0.25, 0.3) is 0 Å².